The molecule has 3 heteroatoms. The molecular formula is C9H18O3. The number of hydrogen-bond acceptors (Lipinski definition) is 3. The number of aliphatic hydroxyl groups is 1. The molecule has 0 fully saturated rings. The van der Waals surface area contributed by atoms with Gasteiger partial charge in [-0.3, -0.25) is 4.79 Å². The van der Waals surface area contributed by atoms with Gasteiger partial charge >= 0.3 is 5.97 Å². The van der Waals surface area contributed by atoms with Gasteiger partial charge in [0.05, 0.1) is 18.6 Å². The highest BCUT2D eigenvalue weighted by atomic mass is 16.5. The molecule has 72 valence electrons. The molecule has 0 spiro atoms. The minimum atomic E-state index is -0.332. The third-order valence-corrected chi connectivity index (χ3v) is 1.71. The summed E-state index contributed by atoms with van der Waals surface area (Å²) in [6, 6.07) is 0. The summed E-state index contributed by atoms with van der Waals surface area (Å²) < 4.78 is 4.82. The van der Waals surface area contributed by atoms with E-state index in [-0.39, 0.29) is 18.0 Å². The summed E-state index contributed by atoms with van der Waals surface area (Å²) in [6.45, 7) is 5.76. The predicted octanol–water partition coefficient (Wildman–Crippen LogP) is 1.35. The molecule has 2 atom stereocenters. The van der Waals surface area contributed by atoms with Crippen LogP contribution < -0.4 is 0 Å². The summed E-state index contributed by atoms with van der Waals surface area (Å²) in [5.41, 5.74) is 0. The van der Waals surface area contributed by atoms with E-state index in [1.54, 1.807) is 13.8 Å². The maximum atomic E-state index is 11.1. The van der Waals surface area contributed by atoms with Gasteiger partial charge in [-0.15, -0.1) is 0 Å². The van der Waals surface area contributed by atoms with Crippen molar-refractivity contribution < 1.29 is 14.6 Å². The molecule has 0 aromatic heterocycles. The average molecular weight is 174 g/mol. The van der Waals surface area contributed by atoms with Crippen LogP contribution in [0.15, 0.2) is 0 Å². The molecule has 0 aromatic carbocycles. The van der Waals surface area contributed by atoms with Gasteiger partial charge in [0.15, 0.2) is 0 Å². The van der Waals surface area contributed by atoms with E-state index in [0.717, 1.165) is 0 Å². The summed E-state index contributed by atoms with van der Waals surface area (Å²) >= 11 is 0. The second-order valence-corrected chi connectivity index (χ2v) is 3.08. The molecule has 0 bridgehead atoms. The van der Waals surface area contributed by atoms with E-state index in [0.29, 0.717) is 19.4 Å². The minimum absolute atomic E-state index is 0.0976. The Hall–Kier alpha value is -0.570. The highest BCUT2D eigenvalue weighted by Crippen LogP contribution is 2.09. The lowest BCUT2D eigenvalue weighted by Crippen LogP contribution is -2.16. The summed E-state index contributed by atoms with van der Waals surface area (Å²) in [4.78, 5) is 11.1. The zero-order chi connectivity index (χ0) is 9.56. The zero-order valence-corrected chi connectivity index (χ0v) is 8.04. The van der Waals surface area contributed by atoms with Crippen LogP contribution in [0, 0.1) is 5.92 Å². The molecule has 0 saturated carbocycles. The molecule has 3 nitrogen and oxygen atoms in total. The Labute approximate surface area is 73.7 Å². The SMILES string of the molecule is CCOC(=O)[C@H](C)CC[C@H](C)O. The monoisotopic (exact) mass is 174 g/mol. The van der Waals surface area contributed by atoms with E-state index in [9.17, 15) is 4.79 Å². The molecule has 0 amide bonds. The molecule has 0 unspecified atom stereocenters. The number of rotatable bonds is 5. The smallest absolute Gasteiger partial charge is 0.308 e. The number of ether oxygens (including phenoxy) is 1. The first-order valence-corrected chi connectivity index (χ1v) is 4.42. The van der Waals surface area contributed by atoms with E-state index in [1.807, 2.05) is 6.92 Å². The third kappa shape index (κ3) is 5.13. The maximum Gasteiger partial charge on any atom is 0.308 e. The van der Waals surface area contributed by atoms with Crippen LogP contribution in [0.2, 0.25) is 0 Å². The molecule has 0 saturated heterocycles. The standard InChI is InChI=1S/C9H18O3/c1-4-12-9(11)7(2)5-6-8(3)10/h7-8,10H,4-6H2,1-3H3/t7-,8+/m1/s1. The van der Waals surface area contributed by atoms with Crippen molar-refractivity contribution in [1.82, 2.24) is 0 Å². The minimum Gasteiger partial charge on any atom is -0.466 e. The van der Waals surface area contributed by atoms with Gasteiger partial charge in [-0.05, 0) is 26.7 Å². The van der Waals surface area contributed by atoms with Gasteiger partial charge in [0.1, 0.15) is 0 Å². The van der Waals surface area contributed by atoms with Crippen molar-refractivity contribution in [2.24, 2.45) is 5.92 Å². The Morgan fingerprint density at radius 3 is 2.42 bits per heavy atom. The first kappa shape index (κ1) is 11.4. The molecule has 0 aliphatic carbocycles. The van der Waals surface area contributed by atoms with Crippen LogP contribution in [0.5, 0.6) is 0 Å². The lowest BCUT2D eigenvalue weighted by atomic mass is 10.0. The first-order valence-electron chi connectivity index (χ1n) is 4.42. The van der Waals surface area contributed by atoms with Crippen LogP contribution in [-0.2, 0) is 9.53 Å². The lowest BCUT2D eigenvalue weighted by molar-refractivity contribution is -0.147. The number of hydrogen-bond donors (Lipinski definition) is 1. The van der Waals surface area contributed by atoms with Gasteiger partial charge in [0.25, 0.3) is 0 Å². The Balaban J connectivity index is 3.56. The third-order valence-electron chi connectivity index (χ3n) is 1.71. The topological polar surface area (TPSA) is 46.5 Å². The Morgan fingerprint density at radius 2 is 2.00 bits per heavy atom. The zero-order valence-electron chi connectivity index (χ0n) is 8.04. The summed E-state index contributed by atoms with van der Waals surface area (Å²) in [5, 5.41) is 8.96. The van der Waals surface area contributed by atoms with Gasteiger partial charge in [-0.1, -0.05) is 6.92 Å². The fraction of sp³-hybridized carbons (Fsp3) is 0.889. The van der Waals surface area contributed by atoms with Crippen LogP contribution >= 0.6 is 0 Å². The summed E-state index contributed by atoms with van der Waals surface area (Å²) in [5.74, 6) is -0.266. The second kappa shape index (κ2) is 6.00. The van der Waals surface area contributed by atoms with Crippen LogP contribution in [-0.4, -0.2) is 23.8 Å². The van der Waals surface area contributed by atoms with Gasteiger partial charge < -0.3 is 9.84 Å². The maximum absolute atomic E-state index is 11.1. The van der Waals surface area contributed by atoms with E-state index >= 15 is 0 Å². The van der Waals surface area contributed by atoms with Crippen LogP contribution in [0.3, 0.4) is 0 Å². The Morgan fingerprint density at radius 1 is 1.42 bits per heavy atom. The van der Waals surface area contributed by atoms with Crippen molar-refractivity contribution in [2.75, 3.05) is 6.61 Å². The van der Waals surface area contributed by atoms with Crippen molar-refractivity contribution >= 4 is 5.97 Å². The fourth-order valence-corrected chi connectivity index (χ4v) is 0.894. The van der Waals surface area contributed by atoms with Crippen LogP contribution in [0.1, 0.15) is 33.6 Å². The highest BCUT2D eigenvalue weighted by Gasteiger charge is 2.13. The van der Waals surface area contributed by atoms with Gasteiger partial charge in [0, 0.05) is 0 Å². The lowest BCUT2D eigenvalue weighted by Gasteiger charge is -2.10. The molecule has 0 heterocycles. The van der Waals surface area contributed by atoms with Gasteiger partial charge in [-0.25, -0.2) is 0 Å². The van der Waals surface area contributed by atoms with Crippen LogP contribution in [0.4, 0.5) is 0 Å². The van der Waals surface area contributed by atoms with Crippen molar-refractivity contribution in [3.05, 3.63) is 0 Å². The molecule has 0 aliphatic heterocycles. The summed E-state index contributed by atoms with van der Waals surface area (Å²) in [7, 11) is 0. The average Bonchev–Trinajstić information content (AvgIpc) is 2.00. The highest BCUT2D eigenvalue weighted by molar-refractivity contribution is 5.71. The van der Waals surface area contributed by atoms with Crippen molar-refractivity contribution in [3.63, 3.8) is 0 Å². The Kier molecular flexibility index (Phi) is 5.72. The fourth-order valence-electron chi connectivity index (χ4n) is 0.894. The Bertz CT molecular complexity index is 132. The van der Waals surface area contributed by atoms with Crippen molar-refractivity contribution in [3.8, 4) is 0 Å². The van der Waals surface area contributed by atoms with Gasteiger partial charge in [0.2, 0.25) is 0 Å². The number of aliphatic hydroxyl groups excluding tert-OH is 1. The number of esters is 1. The molecule has 0 radical (unpaired) electrons. The molecule has 12 heavy (non-hydrogen) atoms. The quantitative estimate of drug-likeness (QED) is 0.640. The first-order chi connectivity index (χ1) is 5.57. The normalized spacial score (nSPS) is 15.3. The van der Waals surface area contributed by atoms with E-state index in [2.05, 4.69) is 0 Å². The van der Waals surface area contributed by atoms with E-state index in [1.165, 1.54) is 0 Å². The molecule has 0 aromatic rings. The van der Waals surface area contributed by atoms with Gasteiger partial charge in [-0.2, -0.15) is 0 Å². The molecular weight excluding hydrogens is 156 g/mol. The number of carbonyl (C=O) groups excluding carboxylic acids is 1. The predicted molar refractivity (Wildman–Crippen MR) is 46.7 cm³/mol. The molecule has 0 aliphatic rings. The molecule has 0 rings (SSSR count). The number of carbonyl (C=O) groups is 1. The largest absolute Gasteiger partial charge is 0.466 e. The van der Waals surface area contributed by atoms with Crippen LogP contribution in [0.25, 0.3) is 0 Å². The van der Waals surface area contributed by atoms with E-state index < -0.39 is 0 Å². The van der Waals surface area contributed by atoms with E-state index in [4.69, 9.17) is 9.84 Å². The van der Waals surface area contributed by atoms with Crippen molar-refractivity contribution in [1.29, 1.82) is 0 Å². The summed E-state index contributed by atoms with van der Waals surface area (Å²) in [6.07, 6.45) is 1.01. The second-order valence-electron chi connectivity index (χ2n) is 3.08. The molecule has 1 N–H and O–H groups in total. The van der Waals surface area contributed by atoms with Crippen molar-refractivity contribution in [2.45, 2.75) is 39.7 Å².